The molecule has 0 saturated heterocycles. The van der Waals surface area contributed by atoms with E-state index in [1.54, 1.807) is 32.0 Å². The highest BCUT2D eigenvalue weighted by atomic mass is 35.5. The first-order valence-corrected chi connectivity index (χ1v) is 19.7. The number of carboxylic acids is 2. The highest BCUT2D eigenvalue weighted by Gasteiger charge is 2.71. The van der Waals surface area contributed by atoms with Crippen molar-refractivity contribution in [1.82, 2.24) is 0 Å². The molecule has 51 heavy (non-hydrogen) atoms. The van der Waals surface area contributed by atoms with E-state index >= 15 is 0 Å². The number of hydrogen-bond donors (Lipinski definition) is 2. The Kier molecular flexibility index (Phi) is 9.43. The van der Waals surface area contributed by atoms with Gasteiger partial charge >= 0.3 is 17.9 Å². The van der Waals surface area contributed by atoms with Crippen LogP contribution in [0.3, 0.4) is 0 Å². The Hall–Kier alpha value is -2.78. The van der Waals surface area contributed by atoms with Crippen molar-refractivity contribution in [2.75, 3.05) is 0 Å². The first-order valence-electron chi connectivity index (χ1n) is 19.3. The first-order chi connectivity index (χ1) is 23.6. The van der Waals surface area contributed by atoms with E-state index in [0.29, 0.717) is 35.2 Å². The molecule has 5 saturated carbocycles. The summed E-state index contributed by atoms with van der Waals surface area (Å²) >= 11 is 6.35. The minimum Gasteiger partial charge on any atom is -0.481 e. The van der Waals surface area contributed by atoms with Crippen LogP contribution in [0.2, 0.25) is 5.02 Å². The van der Waals surface area contributed by atoms with E-state index in [-0.39, 0.29) is 50.2 Å². The minimum atomic E-state index is -1.16. The molecule has 0 aromatic heterocycles. The number of ether oxygens (including phenoxy) is 1. The maximum atomic E-state index is 13.1. The van der Waals surface area contributed by atoms with Crippen molar-refractivity contribution in [2.45, 2.75) is 132 Å². The fourth-order valence-electron chi connectivity index (χ4n) is 13.2. The van der Waals surface area contributed by atoms with Crippen molar-refractivity contribution in [3.05, 3.63) is 46.5 Å². The van der Waals surface area contributed by atoms with Crippen LogP contribution in [0.4, 0.5) is 0 Å². The number of rotatable bonds is 6. The largest absolute Gasteiger partial charge is 0.481 e. The Balaban J connectivity index is 1.30. The van der Waals surface area contributed by atoms with Gasteiger partial charge in [-0.05, 0) is 143 Å². The molecule has 1 aromatic rings. The zero-order valence-corrected chi connectivity index (χ0v) is 32.8. The lowest BCUT2D eigenvalue weighted by Crippen LogP contribution is -2.66. The molecule has 10 atom stereocenters. The number of carboxylic acid groups (broad SMARTS) is 2. The molecule has 0 heterocycles. The minimum absolute atomic E-state index is 0.0873. The van der Waals surface area contributed by atoms with Crippen molar-refractivity contribution >= 4 is 29.5 Å². The SMILES string of the molecule is C=C(C)[C@@H]1CCC2(C#Cc3cccc(Cl)c3C(=O)O)CC[C@]3(C)C(CCC4[C@@]5(C)CC[C@H](OC(=O)CC(C)(C)C(=O)O)C(C)(C)C5CC[C@]43C)C12. The van der Waals surface area contributed by atoms with E-state index in [1.807, 2.05) is 0 Å². The first kappa shape index (κ1) is 38.0. The fourth-order valence-corrected chi connectivity index (χ4v) is 13.5. The van der Waals surface area contributed by atoms with Gasteiger partial charge in [-0.1, -0.05) is 76.3 Å². The van der Waals surface area contributed by atoms with Crippen molar-refractivity contribution in [3.63, 3.8) is 0 Å². The van der Waals surface area contributed by atoms with E-state index in [2.05, 4.69) is 60.0 Å². The molecule has 6 rings (SSSR count). The van der Waals surface area contributed by atoms with Crippen molar-refractivity contribution in [3.8, 4) is 11.8 Å². The van der Waals surface area contributed by atoms with Gasteiger partial charge in [0.05, 0.1) is 22.4 Å². The number of hydrogen-bond acceptors (Lipinski definition) is 4. The summed E-state index contributed by atoms with van der Waals surface area (Å²) in [6.07, 6.45) is 10.2. The van der Waals surface area contributed by atoms with Crippen LogP contribution in [0.5, 0.6) is 0 Å². The topological polar surface area (TPSA) is 101 Å². The summed E-state index contributed by atoms with van der Waals surface area (Å²) in [7, 11) is 0. The van der Waals surface area contributed by atoms with Gasteiger partial charge < -0.3 is 14.9 Å². The van der Waals surface area contributed by atoms with Crippen LogP contribution in [0, 0.1) is 73.9 Å². The van der Waals surface area contributed by atoms with Crippen LogP contribution in [-0.2, 0) is 14.3 Å². The molecule has 0 bridgehead atoms. The summed E-state index contributed by atoms with van der Waals surface area (Å²) in [6, 6.07) is 5.19. The van der Waals surface area contributed by atoms with Crippen molar-refractivity contribution < 1.29 is 29.3 Å². The number of allylic oxidation sites excluding steroid dienone is 1. The monoisotopic (exact) mass is 718 g/mol. The van der Waals surface area contributed by atoms with E-state index in [4.69, 9.17) is 16.3 Å². The molecule has 6 nitrogen and oxygen atoms in total. The van der Waals surface area contributed by atoms with Gasteiger partial charge in [0.2, 0.25) is 0 Å². The molecule has 0 amide bonds. The van der Waals surface area contributed by atoms with Gasteiger partial charge in [-0.2, -0.15) is 0 Å². The standard InChI is InChI=1S/C44H59ClO6/c1-26(2)28-16-22-44(21-15-27-11-10-12-30(45)35(27)37(47)48)24-23-42(8)29(36(28)44)13-14-32-41(7)19-18-33(51-34(46)25-39(3,4)38(49)50)40(5,6)31(41)17-20-43(32,42)9/h10-12,28-29,31-33,36H,1,13-14,16-20,22-25H2,2-9H3,(H,47,48)(H,49,50)/t28-,29?,31?,32?,33-,36?,41-,42+,43+,44?/m0/s1. The lowest BCUT2D eigenvalue weighted by molar-refractivity contribution is -0.247. The van der Waals surface area contributed by atoms with Crippen LogP contribution in [0.1, 0.15) is 142 Å². The summed E-state index contributed by atoms with van der Waals surface area (Å²) in [5.41, 5.74) is 0.613. The Morgan fingerprint density at radius 2 is 1.63 bits per heavy atom. The Morgan fingerprint density at radius 3 is 2.27 bits per heavy atom. The number of carbonyl (C=O) groups is 3. The number of esters is 1. The molecule has 0 radical (unpaired) electrons. The predicted molar refractivity (Wildman–Crippen MR) is 200 cm³/mol. The highest BCUT2D eigenvalue weighted by molar-refractivity contribution is 6.33. The summed E-state index contributed by atoms with van der Waals surface area (Å²) < 4.78 is 6.16. The summed E-state index contributed by atoms with van der Waals surface area (Å²) in [6.45, 7) is 22.2. The zero-order chi connectivity index (χ0) is 37.5. The van der Waals surface area contributed by atoms with Crippen LogP contribution in [-0.4, -0.2) is 34.2 Å². The van der Waals surface area contributed by atoms with Crippen LogP contribution < -0.4 is 0 Å². The van der Waals surface area contributed by atoms with Gasteiger partial charge in [-0.3, -0.25) is 9.59 Å². The van der Waals surface area contributed by atoms with Gasteiger partial charge in [0.1, 0.15) is 6.10 Å². The van der Waals surface area contributed by atoms with Crippen LogP contribution >= 0.6 is 11.6 Å². The van der Waals surface area contributed by atoms with Gasteiger partial charge in [-0.15, -0.1) is 0 Å². The molecule has 5 unspecified atom stereocenters. The van der Waals surface area contributed by atoms with Crippen molar-refractivity contribution in [1.29, 1.82) is 0 Å². The molecule has 5 aliphatic rings. The third kappa shape index (κ3) is 5.78. The fraction of sp³-hybridized carbons (Fsp3) is 0.705. The Bertz CT molecular complexity index is 1700. The van der Waals surface area contributed by atoms with Crippen LogP contribution in [0.25, 0.3) is 0 Å². The van der Waals surface area contributed by atoms with E-state index < -0.39 is 23.3 Å². The molecule has 0 aliphatic heterocycles. The second-order valence-electron chi connectivity index (χ2n) is 19.3. The lowest BCUT2D eigenvalue weighted by Gasteiger charge is -2.72. The number of carbonyl (C=O) groups excluding carboxylic acids is 1. The molecular formula is C44H59ClO6. The second-order valence-corrected chi connectivity index (χ2v) is 19.7. The number of aliphatic carboxylic acids is 1. The van der Waals surface area contributed by atoms with Gasteiger partial charge in [0.25, 0.3) is 0 Å². The normalized spacial score (nSPS) is 39.5. The van der Waals surface area contributed by atoms with Crippen molar-refractivity contribution in [2.24, 2.45) is 62.1 Å². The maximum absolute atomic E-state index is 13.1. The molecular weight excluding hydrogens is 660 g/mol. The average molecular weight is 719 g/mol. The molecule has 5 fully saturated rings. The molecule has 5 aliphatic carbocycles. The maximum Gasteiger partial charge on any atom is 0.338 e. The smallest absolute Gasteiger partial charge is 0.338 e. The number of benzene rings is 1. The van der Waals surface area contributed by atoms with Gasteiger partial charge in [0.15, 0.2) is 0 Å². The third-order valence-corrected chi connectivity index (χ3v) is 16.4. The second kappa shape index (κ2) is 12.7. The predicted octanol–water partition coefficient (Wildman–Crippen LogP) is 10.5. The molecule has 7 heteroatoms. The summed E-state index contributed by atoms with van der Waals surface area (Å²) in [4.78, 5) is 37.0. The highest BCUT2D eigenvalue weighted by Crippen LogP contribution is 2.77. The average Bonchev–Trinajstić information content (AvgIpc) is 3.41. The third-order valence-electron chi connectivity index (χ3n) is 16.1. The Morgan fingerprint density at radius 1 is 0.922 bits per heavy atom. The van der Waals surface area contributed by atoms with Crippen LogP contribution in [0.15, 0.2) is 30.4 Å². The lowest BCUT2D eigenvalue weighted by atomic mass is 9.32. The summed E-state index contributed by atoms with van der Waals surface area (Å²) in [5.74, 6) is 6.90. The molecule has 2 N–H and O–H groups in total. The molecule has 278 valence electrons. The molecule has 0 spiro atoms. The zero-order valence-electron chi connectivity index (χ0n) is 32.1. The summed E-state index contributed by atoms with van der Waals surface area (Å²) in [5, 5.41) is 19.8. The Labute approximate surface area is 310 Å². The number of aromatic carboxylic acids is 1. The molecule has 1 aromatic carbocycles. The van der Waals surface area contributed by atoms with E-state index in [1.165, 1.54) is 5.57 Å². The van der Waals surface area contributed by atoms with E-state index in [0.717, 1.165) is 64.2 Å². The number of halogens is 1. The van der Waals surface area contributed by atoms with Gasteiger partial charge in [0, 0.05) is 16.4 Å². The van der Waals surface area contributed by atoms with E-state index in [9.17, 15) is 24.6 Å². The van der Waals surface area contributed by atoms with Gasteiger partial charge in [-0.25, -0.2) is 4.79 Å². The number of fused-ring (bicyclic) bond motifs is 7. The quantitative estimate of drug-likeness (QED) is 0.172.